The monoisotopic (exact) mass is 947 g/mol. The average molecular weight is 948 g/mol. The van der Waals surface area contributed by atoms with Crippen LogP contribution < -0.4 is 30.6 Å². The molecule has 2 aromatic carbocycles. The lowest BCUT2D eigenvalue weighted by Crippen LogP contribution is -2.35. The highest BCUT2D eigenvalue weighted by atomic mass is 16.6. The van der Waals surface area contributed by atoms with Gasteiger partial charge in [-0.1, -0.05) is 24.3 Å². The number of amides is 4. The molecular weight excluding hydrogens is 883 g/mol. The molecule has 0 atom stereocenters. The number of aromatic carboxylic acids is 1. The van der Waals surface area contributed by atoms with Gasteiger partial charge in [-0.25, -0.2) is 4.58 Å². The van der Waals surface area contributed by atoms with Gasteiger partial charge in [0.25, 0.3) is 11.8 Å². The highest BCUT2D eigenvalue weighted by molar-refractivity contribution is 6.13. The summed E-state index contributed by atoms with van der Waals surface area (Å²) in [6.07, 6.45) is 2.44. The predicted molar refractivity (Wildman–Crippen MR) is 252 cm³/mol. The number of carbonyl (C=O) groups excluding carboxylic acids is 5. The van der Waals surface area contributed by atoms with Crippen molar-refractivity contribution in [3.63, 3.8) is 0 Å². The van der Waals surface area contributed by atoms with Crippen molar-refractivity contribution in [2.75, 3.05) is 145 Å². The maximum absolute atomic E-state index is 11.8. The summed E-state index contributed by atoms with van der Waals surface area (Å²) >= 11 is 0. The van der Waals surface area contributed by atoms with E-state index < -0.39 is 17.8 Å². The van der Waals surface area contributed by atoms with Gasteiger partial charge in [0.15, 0.2) is 0 Å². The minimum atomic E-state index is -1.20. The molecule has 3 aliphatic rings. The Labute approximate surface area is 396 Å². The molecule has 0 radical (unpaired) electrons. The Morgan fingerprint density at radius 1 is 0.662 bits per heavy atom. The molecule has 5 rings (SSSR count). The number of fused-ring (bicyclic) bond motifs is 2. The van der Waals surface area contributed by atoms with E-state index in [2.05, 4.69) is 10.6 Å². The standard InChI is InChI=1S/C25H43N3O11.C24H22N2O3/c1-22(29)26-5-8-33-10-12-35-14-16-37-18-20-39-21-19-38-17-15-36-13-11-34-9-6-27-23(30)4-7-28-24(31)2-3-25(28)32;1-25(2)15-9-11-19-21(13-15)29-22-14-16(26(3)4)10-12-20(22)23(19)17-7-5-6-8-18(17)24(27)28/h2-3H,4-21H2,1H3,(H,26,29)(H,27,30);5-14H,1-4H3. The number of ether oxygens (including phenoxy) is 7. The zero-order valence-electron chi connectivity index (χ0n) is 39.7. The zero-order chi connectivity index (χ0) is 49.1. The van der Waals surface area contributed by atoms with Gasteiger partial charge in [-0.15, -0.1) is 0 Å². The van der Waals surface area contributed by atoms with Crippen molar-refractivity contribution >= 4 is 46.3 Å². The first-order chi connectivity index (χ1) is 32.9. The van der Waals surface area contributed by atoms with E-state index in [1.54, 1.807) is 12.1 Å². The number of carboxylic acid groups (broad SMARTS) is 1. The molecular formula is C49H65N5O14. The van der Waals surface area contributed by atoms with Crippen molar-refractivity contribution in [2.45, 2.75) is 13.3 Å². The number of anilines is 1. The van der Waals surface area contributed by atoms with Crippen molar-refractivity contribution in [1.29, 1.82) is 0 Å². The summed E-state index contributed by atoms with van der Waals surface area (Å²) in [5.41, 5.74) is 4.17. The second-order valence-electron chi connectivity index (χ2n) is 15.5. The van der Waals surface area contributed by atoms with Crippen molar-refractivity contribution in [3.8, 4) is 22.5 Å². The number of rotatable bonds is 30. The van der Waals surface area contributed by atoms with E-state index in [0.717, 1.165) is 32.5 Å². The fourth-order valence-corrected chi connectivity index (χ4v) is 6.53. The third-order valence-electron chi connectivity index (χ3n) is 10.0. The highest BCUT2D eigenvalue weighted by Crippen LogP contribution is 2.41. The van der Waals surface area contributed by atoms with E-state index in [-0.39, 0.29) is 30.3 Å². The summed E-state index contributed by atoms with van der Waals surface area (Å²) in [6, 6.07) is 18.9. The van der Waals surface area contributed by atoms with Crippen LogP contribution in [0.4, 0.5) is 5.69 Å². The summed E-state index contributed by atoms with van der Waals surface area (Å²) < 4.78 is 46.0. The van der Waals surface area contributed by atoms with Crippen LogP contribution in [0.2, 0.25) is 0 Å². The molecule has 2 aliphatic heterocycles. The Morgan fingerprint density at radius 3 is 1.68 bits per heavy atom. The summed E-state index contributed by atoms with van der Waals surface area (Å²) in [4.78, 5) is 60.1. The van der Waals surface area contributed by atoms with Gasteiger partial charge in [-0.3, -0.25) is 24.1 Å². The van der Waals surface area contributed by atoms with E-state index in [0.29, 0.717) is 122 Å². The van der Waals surface area contributed by atoms with Gasteiger partial charge in [-0.2, -0.15) is 0 Å². The summed E-state index contributed by atoms with van der Waals surface area (Å²) in [5.74, 6) is -1.62. The lowest BCUT2D eigenvalue weighted by atomic mass is 9.90. The number of hydrogen-bond acceptors (Lipinski definition) is 15. The molecule has 2 heterocycles. The molecule has 0 unspecified atom stereocenters. The van der Waals surface area contributed by atoms with Gasteiger partial charge < -0.3 is 63.0 Å². The van der Waals surface area contributed by atoms with Crippen molar-refractivity contribution in [1.82, 2.24) is 20.1 Å². The lowest BCUT2D eigenvalue weighted by molar-refractivity contribution is -0.255. The average Bonchev–Trinajstić information content (AvgIpc) is 3.64. The second kappa shape index (κ2) is 30.3. The van der Waals surface area contributed by atoms with Crippen LogP contribution in [0.15, 0.2) is 77.2 Å². The molecule has 370 valence electrons. The normalized spacial score (nSPS) is 12.1. The van der Waals surface area contributed by atoms with E-state index in [4.69, 9.17) is 37.6 Å². The number of carbonyl (C=O) groups is 5. The fourth-order valence-electron chi connectivity index (χ4n) is 6.53. The number of imide groups is 1. The van der Waals surface area contributed by atoms with E-state index in [1.807, 2.05) is 86.2 Å². The molecule has 4 amide bonds. The third-order valence-corrected chi connectivity index (χ3v) is 10.0. The molecule has 0 saturated carbocycles. The molecule has 1 aliphatic carbocycles. The molecule has 0 bridgehead atoms. The molecule has 0 aromatic heterocycles. The summed E-state index contributed by atoms with van der Waals surface area (Å²) in [7, 11) is 7.88. The molecule has 0 spiro atoms. The largest absolute Gasteiger partial charge is 0.545 e. The van der Waals surface area contributed by atoms with Crippen LogP contribution in [0.5, 0.6) is 0 Å². The number of nitrogens with zero attached hydrogens (tertiary/aromatic N) is 3. The number of hydrogen-bond donors (Lipinski definition) is 2. The number of nitrogens with one attached hydrogen (secondary N) is 2. The maximum atomic E-state index is 11.8. The molecule has 68 heavy (non-hydrogen) atoms. The maximum Gasteiger partial charge on any atom is 0.253 e. The van der Waals surface area contributed by atoms with E-state index in [9.17, 15) is 29.1 Å². The summed E-state index contributed by atoms with van der Waals surface area (Å²) in [6.45, 7) is 8.60. The van der Waals surface area contributed by atoms with Gasteiger partial charge in [-0.05, 0) is 23.8 Å². The lowest BCUT2D eigenvalue weighted by Gasteiger charge is -2.19. The van der Waals surface area contributed by atoms with Crippen LogP contribution in [-0.2, 0) is 52.3 Å². The zero-order valence-corrected chi connectivity index (χ0v) is 39.7. The van der Waals surface area contributed by atoms with E-state index >= 15 is 0 Å². The predicted octanol–water partition coefficient (Wildman–Crippen LogP) is 1.34. The number of benzene rings is 3. The van der Waals surface area contributed by atoms with Gasteiger partial charge in [0.2, 0.25) is 17.2 Å². The first kappa shape index (κ1) is 54.5. The Morgan fingerprint density at radius 2 is 1.18 bits per heavy atom. The second-order valence-corrected chi connectivity index (χ2v) is 15.5. The van der Waals surface area contributed by atoms with Gasteiger partial charge in [0, 0.05) is 99.1 Å². The highest BCUT2D eigenvalue weighted by Gasteiger charge is 2.24. The Hall–Kier alpha value is -6.06. The smallest absolute Gasteiger partial charge is 0.253 e. The molecule has 2 aromatic rings. The van der Waals surface area contributed by atoms with Crippen LogP contribution in [-0.4, -0.2) is 175 Å². The molecule has 0 saturated heterocycles. The van der Waals surface area contributed by atoms with Crippen LogP contribution in [0.3, 0.4) is 0 Å². The first-order valence-electron chi connectivity index (χ1n) is 22.4. The fraction of sp³-hybridized carbons (Fsp3) is 0.469. The van der Waals surface area contributed by atoms with Crippen molar-refractivity contribution < 1.29 is 66.7 Å². The van der Waals surface area contributed by atoms with Gasteiger partial charge in [0.05, 0.1) is 105 Å². The molecule has 19 heteroatoms. The van der Waals surface area contributed by atoms with Crippen molar-refractivity contribution in [2.24, 2.45) is 0 Å². The Kier molecular flexibility index (Phi) is 24.3. The topological polar surface area (TPSA) is 220 Å². The van der Waals surface area contributed by atoms with Gasteiger partial charge in [0.1, 0.15) is 25.4 Å². The number of carboxylic acids is 1. The first-order valence-corrected chi connectivity index (χ1v) is 22.4. The van der Waals surface area contributed by atoms with Crippen LogP contribution >= 0.6 is 0 Å². The molecule has 2 N–H and O–H groups in total. The van der Waals surface area contributed by atoms with Crippen LogP contribution in [0.1, 0.15) is 23.7 Å². The van der Waals surface area contributed by atoms with Crippen molar-refractivity contribution in [3.05, 3.63) is 83.7 Å². The Balaban J connectivity index is 0.000000307. The van der Waals surface area contributed by atoms with E-state index in [1.165, 1.54) is 19.1 Å². The molecule has 19 nitrogen and oxygen atoms in total. The SMILES string of the molecule is CC(=O)NCCOCCOCCOCCOCCOCCOCCOCCNC(=O)CCN1C(=O)C=CC1=O.CN(C)c1ccc2c(-c3ccccc3C(=O)[O-])c3ccc(=[N+](C)C)cc-3oc2c1. The molecule has 0 fully saturated rings. The van der Waals surface area contributed by atoms with Crippen LogP contribution in [0, 0.1) is 0 Å². The Bertz CT molecular complexity index is 2290. The minimum absolute atomic E-state index is 0.0538. The third kappa shape index (κ3) is 18.9. The van der Waals surface area contributed by atoms with Gasteiger partial charge >= 0.3 is 0 Å². The quantitative estimate of drug-likeness (QED) is 0.0326. The minimum Gasteiger partial charge on any atom is -0.545 e. The summed E-state index contributed by atoms with van der Waals surface area (Å²) in [5, 5.41) is 19.0. The van der Waals surface area contributed by atoms with Crippen LogP contribution in [0.25, 0.3) is 33.4 Å².